The third kappa shape index (κ3) is 7.19. The molecule has 242 valence electrons. The minimum atomic E-state index is -0.410. The first-order valence-corrected chi connectivity index (χ1v) is 16.1. The van der Waals surface area contributed by atoms with Gasteiger partial charge in [0.1, 0.15) is 6.54 Å². The van der Waals surface area contributed by atoms with Crippen molar-refractivity contribution in [1.82, 2.24) is 20.0 Å². The first-order valence-electron chi connectivity index (χ1n) is 15.7. The van der Waals surface area contributed by atoms with Crippen molar-refractivity contribution < 1.29 is 19.1 Å². The van der Waals surface area contributed by atoms with E-state index >= 15 is 0 Å². The zero-order valence-electron chi connectivity index (χ0n) is 26.1. The van der Waals surface area contributed by atoms with E-state index in [4.69, 9.17) is 21.1 Å². The summed E-state index contributed by atoms with van der Waals surface area (Å²) in [6.45, 7) is 2.45. The van der Waals surface area contributed by atoms with Crippen LogP contribution in [-0.4, -0.2) is 71.5 Å². The summed E-state index contributed by atoms with van der Waals surface area (Å²) in [5.74, 6) is 1.89. The number of rotatable bonds is 8. The molecule has 2 aliphatic rings. The number of hydrogen-bond acceptors (Lipinski definition) is 7. The Kier molecular flexibility index (Phi) is 9.06. The van der Waals surface area contributed by atoms with E-state index in [1.165, 1.54) is 10.5 Å². The number of nitrogens with zero attached hydrogens (tertiary/aromatic N) is 5. The van der Waals surface area contributed by atoms with E-state index in [1.807, 2.05) is 48.5 Å². The molecule has 7 rings (SSSR count). The van der Waals surface area contributed by atoms with Gasteiger partial charge in [-0.05, 0) is 59.2 Å². The van der Waals surface area contributed by atoms with Gasteiger partial charge in [0.2, 0.25) is 12.7 Å². The largest absolute Gasteiger partial charge is 0.454 e. The van der Waals surface area contributed by atoms with Gasteiger partial charge in [0.15, 0.2) is 17.3 Å². The molecule has 0 spiro atoms. The quantitative estimate of drug-likeness (QED) is 0.201. The molecular weight excluding hydrogens is 628 g/mol. The fourth-order valence-electron chi connectivity index (χ4n) is 5.79. The van der Waals surface area contributed by atoms with Crippen molar-refractivity contribution in [3.63, 3.8) is 0 Å². The molecule has 1 saturated heterocycles. The average Bonchev–Trinajstić information content (AvgIpc) is 3.60. The molecule has 1 N–H and O–H groups in total. The predicted octanol–water partition coefficient (Wildman–Crippen LogP) is 6.58. The van der Waals surface area contributed by atoms with E-state index in [0.29, 0.717) is 48.4 Å². The average molecular weight is 661 g/mol. The van der Waals surface area contributed by atoms with Crippen molar-refractivity contribution in [3.8, 4) is 33.9 Å². The van der Waals surface area contributed by atoms with Gasteiger partial charge >= 0.3 is 6.03 Å². The molecule has 2 aliphatic heterocycles. The Balaban J connectivity index is 0.974. The van der Waals surface area contributed by atoms with Crippen molar-refractivity contribution in [1.29, 1.82) is 0 Å². The number of hydrogen-bond donors (Lipinski definition) is 1. The third-order valence-electron chi connectivity index (χ3n) is 8.39. The molecular formula is C37H33ClN6O4. The second-order valence-electron chi connectivity index (χ2n) is 11.6. The highest BCUT2D eigenvalue weighted by atomic mass is 35.5. The highest BCUT2D eigenvalue weighted by molar-refractivity contribution is 6.30. The fourth-order valence-corrected chi connectivity index (χ4v) is 5.98. The standard InChI is InChI=1S/C37H33ClN6O4/c38-30-7-4-8-31(22-30)39-37(46)44(23-26-9-15-33-34(21-26)48-25-47-33)24-36(45)43-19-17-42(18-20-43)35-16-14-32(40-41-35)29-12-10-28(11-13-29)27-5-2-1-3-6-27/h1-16,21-22H,17-20,23-25H2,(H,39,46). The van der Waals surface area contributed by atoms with Gasteiger partial charge in [-0.1, -0.05) is 78.3 Å². The number of amides is 3. The van der Waals surface area contributed by atoms with Gasteiger partial charge in [0, 0.05) is 49.0 Å². The maximum Gasteiger partial charge on any atom is 0.322 e. The Morgan fingerprint density at radius 3 is 2.25 bits per heavy atom. The predicted molar refractivity (Wildman–Crippen MR) is 185 cm³/mol. The van der Waals surface area contributed by atoms with Crippen LogP contribution in [-0.2, 0) is 11.3 Å². The number of carbonyl (C=O) groups excluding carboxylic acids is 2. The van der Waals surface area contributed by atoms with Gasteiger partial charge < -0.3 is 29.5 Å². The van der Waals surface area contributed by atoms with Gasteiger partial charge in [0.05, 0.1) is 5.69 Å². The topological polar surface area (TPSA) is 100 Å². The van der Waals surface area contributed by atoms with Crippen LogP contribution in [0.25, 0.3) is 22.4 Å². The van der Waals surface area contributed by atoms with Crippen LogP contribution in [0.1, 0.15) is 5.56 Å². The molecule has 11 heteroatoms. The Morgan fingerprint density at radius 1 is 0.750 bits per heavy atom. The van der Waals surface area contributed by atoms with E-state index in [-0.39, 0.29) is 25.8 Å². The number of urea groups is 1. The van der Waals surface area contributed by atoms with Crippen LogP contribution in [0.15, 0.2) is 109 Å². The maximum absolute atomic E-state index is 13.5. The molecule has 0 radical (unpaired) electrons. The first kappa shape index (κ1) is 31.0. The fraction of sp³-hybridized carbons (Fsp3) is 0.189. The van der Waals surface area contributed by atoms with Crippen molar-refractivity contribution >= 4 is 35.0 Å². The minimum absolute atomic E-state index is 0.0988. The third-order valence-corrected chi connectivity index (χ3v) is 8.63. The highest BCUT2D eigenvalue weighted by Crippen LogP contribution is 2.33. The molecule has 5 aromatic rings. The zero-order valence-corrected chi connectivity index (χ0v) is 26.8. The van der Waals surface area contributed by atoms with Crippen LogP contribution in [0.2, 0.25) is 5.02 Å². The molecule has 0 bridgehead atoms. The van der Waals surface area contributed by atoms with E-state index in [0.717, 1.165) is 28.2 Å². The van der Waals surface area contributed by atoms with Crippen molar-refractivity contribution in [2.24, 2.45) is 0 Å². The molecule has 0 saturated carbocycles. The number of halogens is 1. The lowest BCUT2D eigenvalue weighted by Gasteiger charge is -2.36. The lowest BCUT2D eigenvalue weighted by Crippen LogP contribution is -2.52. The van der Waals surface area contributed by atoms with Gasteiger partial charge in [0.25, 0.3) is 0 Å². The van der Waals surface area contributed by atoms with E-state index in [2.05, 4.69) is 56.8 Å². The summed E-state index contributed by atoms with van der Waals surface area (Å²) < 4.78 is 10.9. The summed E-state index contributed by atoms with van der Waals surface area (Å²) in [7, 11) is 0. The molecule has 4 aromatic carbocycles. The molecule has 48 heavy (non-hydrogen) atoms. The van der Waals surface area contributed by atoms with E-state index < -0.39 is 6.03 Å². The number of benzene rings is 4. The van der Waals surface area contributed by atoms with Crippen LogP contribution in [0.4, 0.5) is 16.3 Å². The lowest BCUT2D eigenvalue weighted by atomic mass is 10.0. The van der Waals surface area contributed by atoms with Gasteiger partial charge in [-0.3, -0.25) is 4.79 Å². The SMILES string of the molecule is O=C(CN(Cc1ccc2c(c1)OCO2)C(=O)Nc1cccc(Cl)c1)N1CCN(c2ccc(-c3ccc(-c4ccccc4)cc3)nn2)CC1. The molecule has 1 fully saturated rings. The molecule has 0 atom stereocenters. The summed E-state index contributed by atoms with van der Waals surface area (Å²) in [4.78, 5) is 32.4. The van der Waals surface area contributed by atoms with E-state index in [9.17, 15) is 9.59 Å². The number of carbonyl (C=O) groups is 2. The molecule has 0 aliphatic carbocycles. The lowest BCUT2D eigenvalue weighted by molar-refractivity contribution is -0.132. The zero-order chi connectivity index (χ0) is 32.9. The highest BCUT2D eigenvalue weighted by Gasteiger charge is 2.26. The van der Waals surface area contributed by atoms with Crippen LogP contribution in [0.5, 0.6) is 11.5 Å². The number of piperazine rings is 1. The van der Waals surface area contributed by atoms with Gasteiger partial charge in [-0.15, -0.1) is 10.2 Å². The summed E-state index contributed by atoms with van der Waals surface area (Å²) in [5, 5.41) is 12.4. The Hall–Kier alpha value is -5.61. The van der Waals surface area contributed by atoms with Crippen LogP contribution < -0.4 is 19.7 Å². The van der Waals surface area contributed by atoms with E-state index in [1.54, 1.807) is 29.2 Å². The maximum atomic E-state index is 13.5. The summed E-state index contributed by atoms with van der Waals surface area (Å²) in [6.07, 6.45) is 0. The second kappa shape index (κ2) is 14.0. The normalized spacial score (nSPS) is 13.7. The minimum Gasteiger partial charge on any atom is -0.454 e. The second-order valence-corrected chi connectivity index (χ2v) is 12.0. The molecule has 1 aromatic heterocycles. The number of aromatic nitrogens is 2. The molecule has 3 amide bonds. The molecule has 3 heterocycles. The van der Waals surface area contributed by atoms with Crippen LogP contribution in [0, 0.1) is 0 Å². The summed E-state index contributed by atoms with van der Waals surface area (Å²) >= 11 is 6.13. The van der Waals surface area contributed by atoms with Crippen molar-refractivity contribution in [2.45, 2.75) is 6.54 Å². The summed E-state index contributed by atoms with van der Waals surface area (Å²) in [6, 6.07) is 34.5. The summed E-state index contributed by atoms with van der Waals surface area (Å²) in [5.41, 5.74) is 5.46. The molecule has 10 nitrogen and oxygen atoms in total. The number of nitrogens with one attached hydrogen (secondary N) is 1. The Labute approximate surface area is 283 Å². The van der Waals surface area contributed by atoms with Crippen molar-refractivity contribution in [2.75, 3.05) is 49.7 Å². The smallest absolute Gasteiger partial charge is 0.322 e. The number of fused-ring (bicyclic) bond motifs is 1. The Bertz CT molecular complexity index is 1900. The van der Waals surface area contributed by atoms with Crippen LogP contribution in [0.3, 0.4) is 0 Å². The Morgan fingerprint density at radius 2 is 1.50 bits per heavy atom. The monoisotopic (exact) mass is 660 g/mol. The van der Waals surface area contributed by atoms with Crippen LogP contribution >= 0.6 is 11.6 Å². The van der Waals surface area contributed by atoms with Gasteiger partial charge in [-0.25, -0.2) is 4.79 Å². The first-order chi connectivity index (χ1) is 23.5. The number of anilines is 2. The van der Waals surface area contributed by atoms with Gasteiger partial charge in [-0.2, -0.15) is 0 Å². The van der Waals surface area contributed by atoms with Crippen molar-refractivity contribution in [3.05, 3.63) is 120 Å². The molecule has 0 unspecified atom stereocenters. The number of ether oxygens (including phenoxy) is 2.